The van der Waals surface area contributed by atoms with Crippen molar-refractivity contribution in [2.45, 2.75) is 38.8 Å². The fourth-order valence-electron chi connectivity index (χ4n) is 1.57. The predicted octanol–water partition coefficient (Wildman–Crippen LogP) is 3.37. The Morgan fingerprint density at radius 3 is 2.47 bits per heavy atom. The normalized spacial score (nSPS) is 13.5. The van der Waals surface area contributed by atoms with Crippen molar-refractivity contribution < 1.29 is 0 Å². The van der Waals surface area contributed by atoms with E-state index in [-0.39, 0.29) is 11.6 Å². The average molecular weight is 228 g/mol. The minimum atomic E-state index is -0.130. The van der Waals surface area contributed by atoms with Crippen molar-refractivity contribution in [2.75, 3.05) is 0 Å². The fourth-order valence-corrected chi connectivity index (χ4v) is 1.57. The molecule has 0 heterocycles. The van der Waals surface area contributed by atoms with Gasteiger partial charge in [-0.25, -0.2) is 0 Å². The van der Waals surface area contributed by atoms with Crippen LogP contribution in [0.3, 0.4) is 0 Å². The van der Waals surface area contributed by atoms with E-state index in [1.165, 1.54) is 5.56 Å². The quantitative estimate of drug-likeness (QED) is 0.857. The molecule has 0 fully saturated rings. The molecule has 0 aliphatic carbocycles. The molecule has 90 valence electrons. The Bertz CT molecular complexity index is 393. The van der Waals surface area contributed by atoms with E-state index in [1.54, 1.807) is 0 Å². The lowest BCUT2D eigenvalue weighted by molar-refractivity contribution is 0.396. The van der Waals surface area contributed by atoms with Crippen molar-refractivity contribution >= 4 is 6.08 Å². The summed E-state index contributed by atoms with van der Waals surface area (Å²) in [6.45, 7) is 6.20. The Balaban J connectivity index is 2.49. The first-order valence-electron chi connectivity index (χ1n) is 5.90. The molecule has 2 nitrogen and oxygen atoms in total. The molecule has 0 amide bonds. The van der Waals surface area contributed by atoms with Crippen LogP contribution in [-0.2, 0) is 0 Å². The zero-order valence-corrected chi connectivity index (χ0v) is 10.8. The minimum Gasteiger partial charge on any atom is -0.297 e. The maximum absolute atomic E-state index is 9.04. The van der Waals surface area contributed by atoms with Gasteiger partial charge >= 0.3 is 0 Å². The standard InChI is InChI=1S/C15H20N2/c1-15(2,3)17-14(12-16)11-7-10-13-8-5-4-6-9-13/h4-10,14,17H,11H2,1-3H3/b10-7+. The molecule has 0 aliphatic rings. The largest absolute Gasteiger partial charge is 0.297 e. The molecule has 17 heavy (non-hydrogen) atoms. The Labute approximate surface area is 104 Å². The molecule has 1 N–H and O–H groups in total. The molecule has 2 heteroatoms. The summed E-state index contributed by atoms with van der Waals surface area (Å²) in [6.07, 6.45) is 4.82. The number of hydrogen-bond donors (Lipinski definition) is 1. The molecular weight excluding hydrogens is 208 g/mol. The molecule has 1 aromatic carbocycles. The second-order valence-electron chi connectivity index (χ2n) is 5.12. The number of benzene rings is 1. The van der Waals surface area contributed by atoms with Gasteiger partial charge in [0, 0.05) is 5.54 Å². The van der Waals surface area contributed by atoms with E-state index in [1.807, 2.05) is 24.3 Å². The van der Waals surface area contributed by atoms with Gasteiger partial charge in [-0.2, -0.15) is 5.26 Å². The number of rotatable bonds is 4. The first-order valence-corrected chi connectivity index (χ1v) is 5.90. The molecular formula is C15H20N2. The average Bonchev–Trinajstić information content (AvgIpc) is 2.27. The van der Waals surface area contributed by atoms with Crippen molar-refractivity contribution in [2.24, 2.45) is 0 Å². The second kappa shape index (κ2) is 6.22. The van der Waals surface area contributed by atoms with Crippen molar-refractivity contribution in [1.29, 1.82) is 5.26 Å². The highest BCUT2D eigenvalue weighted by Gasteiger charge is 2.15. The van der Waals surface area contributed by atoms with Crippen LogP contribution in [0.15, 0.2) is 36.4 Å². The number of nitriles is 1. The molecule has 1 unspecified atom stereocenters. The van der Waals surface area contributed by atoms with Crippen molar-refractivity contribution in [1.82, 2.24) is 5.32 Å². The van der Waals surface area contributed by atoms with Crippen LogP contribution >= 0.6 is 0 Å². The molecule has 0 spiro atoms. The van der Waals surface area contributed by atoms with Gasteiger partial charge in [0.05, 0.1) is 12.1 Å². The lowest BCUT2D eigenvalue weighted by Gasteiger charge is -2.23. The maximum atomic E-state index is 9.04. The van der Waals surface area contributed by atoms with Crippen LogP contribution in [0, 0.1) is 11.3 Å². The summed E-state index contributed by atoms with van der Waals surface area (Å²) in [6, 6.07) is 12.3. The van der Waals surface area contributed by atoms with Gasteiger partial charge in [0.1, 0.15) is 0 Å². The van der Waals surface area contributed by atoms with Gasteiger partial charge in [0.15, 0.2) is 0 Å². The summed E-state index contributed by atoms with van der Waals surface area (Å²) in [4.78, 5) is 0. The summed E-state index contributed by atoms with van der Waals surface area (Å²) in [5.41, 5.74) is 1.14. The Morgan fingerprint density at radius 1 is 1.29 bits per heavy atom. The molecule has 0 radical (unpaired) electrons. The van der Waals surface area contributed by atoms with Gasteiger partial charge in [0.25, 0.3) is 0 Å². The Morgan fingerprint density at radius 2 is 1.94 bits per heavy atom. The molecule has 0 saturated heterocycles. The van der Waals surface area contributed by atoms with E-state index in [2.05, 4.69) is 50.4 Å². The molecule has 0 bridgehead atoms. The number of hydrogen-bond acceptors (Lipinski definition) is 2. The van der Waals surface area contributed by atoms with Gasteiger partial charge < -0.3 is 0 Å². The Kier molecular flexibility index (Phi) is 4.93. The molecule has 1 aromatic rings. The first-order chi connectivity index (χ1) is 8.01. The zero-order valence-electron chi connectivity index (χ0n) is 10.8. The fraction of sp³-hybridized carbons (Fsp3) is 0.400. The smallest absolute Gasteiger partial charge is 0.0991 e. The van der Waals surface area contributed by atoms with E-state index in [0.29, 0.717) is 0 Å². The number of nitrogens with one attached hydrogen (secondary N) is 1. The lowest BCUT2D eigenvalue weighted by atomic mass is 10.1. The van der Waals surface area contributed by atoms with Gasteiger partial charge in [-0.3, -0.25) is 5.32 Å². The van der Waals surface area contributed by atoms with Crippen molar-refractivity contribution in [3.05, 3.63) is 42.0 Å². The third kappa shape index (κ3) is 5.89. The number of nitrogens with zero attached hydrogens (tertiary/aromatic N) is 1. The van der Waals surface area contributed by atoms with E-state index in [4.69, 9.17) is 5.26 Å². The van der Waals surface area contributed by atoms with Crippen LogP contribution in [0.5, 0.6) is 0 Å². The molecule has 0 saturated carbocycles. The summed E-state index contributed by atoms with van der Waals surface area (Å²) in [7, 11) is 0. The van der Waals surface area contributed by atoms with Gasteiger partial charge in [-0.1, -0.05) is 42.5 Å². The van der Waals surface area contributed by atoms with Crippen LogP contribution < -0.4 is 5.32 Å². The van der Waals surface area contributed by atoms with Crippen LogP contribution in [0.25, 0.3) is 6.08 Å². The summed E-state index contributed by atoms with van der Waals surface area (Å²) >= 11 is 0. The van der Waals surface area contributed by atoms with E-state index >= 15 is 0 Å². The van der Waals surface area contributed by atoms with Crippen LogP contribution in [0.4, 0.5) is 0 Å². The molecule has 0 aromatic heterocycles. The van der Waals surface area contributed by atoms with E-state index in [0.717, 1.165) is 6.42 Å². The third-order valence-electron chi connectivity index (χ3n) is 2.24. The topological polar surface area (TPSA) is 35.8 Å². The monoisotopic (exact) mass is 228 g/mol. The minimum absolute atomic E-state index is 0.0268. The SMILES string of the molecule is CC(C)(C)NC(C#N)C/C=C/c1ccccc1. The lowest BCUT2D eigenvalue weighted by Crippen LogP contribution is -2.42. The van der Waals surface area contributed by atoms with Gasteiger partial charge in [-0.05, 0) is 32.8 Å². The van der Waals surface area contributed by atoms with Gasteiger partial charge in [0.2, 0.25) is 0 Å². The highest BCUT2D eigenvalue weighted by atomic mass is 15.0. The second-order valence-corrected chi connectivity index (χ2v) is 5.12. The van der Waals surface area contributed by atoms with Crippen LogP contribution in [0.2, 0.25) is 0 Å². The highest BCUT2D eigenvalue weighted by molar-refractivity contribution is 5.48. The Hall–Kier alpha value is -1.59. The molecule has 1 atom stereocenters. The predicted molar refractivity (Wildman–Crippen MR) is 72.4 cm³/mol. The van der Waals surface area contributed by atoms with E-state index in [9.17, 15) is 0 Å². The van der Waals surface area contributed by atoms with Gasteiger partial charge in [-0.15, -0.1) is 0 Å². The summed E-state index contributed by atoms with van der Waals surface area (Å²) < 4.78 is 0. The molecule has 1 rings (SSSR count). The van der Waals surface area contributed by atoms with E-state index < -0.39 is 0 Å². The van der Waals surface area contributed by atoms with Crippen molar-refractivity contribution in [3.8, 4) is 6.07 Å². The first kappa shape index (κ1) is 13.5. The zero-order chi connectivity index (χ0) is 12.7. The summed E-state index contributed by atoms with van der Waals surface area (Å²) in [5, 5.41) is 12.3. The summed E-state index contributed by atoms with van der Waals surface area (Å²) in [5.74, 6) is 0. The van der Waals surface area contributed by atoms with Crippen LogP contribution in [-0.4, -0.2) is 11.6 Å². The maximum Gasteiger partial charge on any atom is 0.0991 e. The van der Waals surface area contributed by atoms with Crippen LogP contribution in [0.1, 0.15) is 32.8 Å². The highest BCUT2D eigenvalue weighted by Crippen LogP contribution is 2.06. The van der Waals surface area contributed by atoms with Crippen molar-refractivity contribution in [3.63, 3.8) is 0 Å². The molecule has 0 aliphatic heterocycles. The third-order valence-corrected chi connectivity index (χ3v) is 2.24.